The van der Waals surface area contributed by atoms with Crippen molar-refractivity contribution in [2.75, 3.05) is 0 Å². The van der Waals surface area contributed by atoms with E-state index in [0.29, 0.717) is 5.92 Å². The number of benzene rings is 2. The van der Waals surface area contributed by atoms with E-state index in [1.807, 2.05) is 13.8 Å². The third-order valence-electron chi connectivity index (χ3n) is 4.48. The van der Waals surface area contributed by atoms with E-state index in [0.717, 1.165) is 17.7 Å². The molecule has 3 heteroatoms. The molecule has 1 aliphatic rings. The van der Waals surface area contributed by atoms with Crippen molar-refractivity contribution in [3.8, 4) is 0 Å². The lowest BCUT2D eigenvalue weighted by Gasteiger charge is -2.15. The molecule has 1 aliphatic heterocycles. The number of amides is 1. The van der Waals surface area contributed by atoms with Crippen LogP contribution in [0.4, 0.5) is 0 Å². The molecule has 0 saturated carbocycles. The predicted molar refractivity (Wildman–Crippen MR) is 95.5 cm³/mol. The van der Waals surface area contributed by atoms with Crippen LogP contribution in [0.5, 0.6) is 0 Å². The Hall–Kier alpha value is -2.29. The van der Waals surface area contributed by atoms with Gasteiger partial charge in [0.1, 0.15) is 0 Å². The number of nitrogens with one attached hydrogen (secondary N) is 2. The van der Waals surface area contributed by atoms with Crippen LogP contribution < -0.4 is 10.9 Å². The number of rotatable bonds is 3. The third-order valence-corrected chi connectivity index (χ3v) is 4.48. The molecule has 3 rings (SSSR count). The lowest BCUT2D eigenvalue weighted by atomic mass is 9.88. The molecule has 1 heterocycles. The van der Waals surface area contributed by atoms with Gasteiger partial charge >= 0.3 is 0 Å². The quantitative estimate of drug-likeness (QED) is 0.898. The van der Waals surface area contributed by atoms with Crippen molar-refractivity contribution in [2.45, 2.75) is 34.1 Å². The summed E-state index contributed by atoms with van der Waals surface area (Å²) in [6.07, 6.45) is 3.16. The van der Waals surface area contributed by atoms with Crippen molar-refractivity contribution < 1.29 is 4.79 Å². The molecule has 0 spiro atoms. The Morgan fingerprint density at radius 2 is 1.91 bits per heavy atom. The van der Waals surface area contributed by atoms with Gasteiger partial charge in [-0.1, -0.05) is 50.2 Å². The molecule has 1 amide bonds. The molecule has 0 aliphatic carbocycles. The zero-order chi connectivity index (χ0) is 16.6. The summed E-state index contributed by atoms with van der Waals surface area (Å²) in [5.41, 5.74) is 8.60. The van der Waals surface area contributed by atoms with Crippen molar-refractivity contribution in [1.29, 1.82) is 0 Å². The monoisotopic (exact) mass is 308 g/mol. The average molecular weight is 308 g/mol. The van der Waals surface area contributed by atoms with Crippen molar-refractivity contribution in [3.63, 3.8) is 0 Å². The number of hydrogen-bond acceptors (Lipinski definition) is 2. The largest absolute Gasteiger partial charge is 0.302 e. The number of hydrogen-bond donors (Lipinski definition) is 2. The van der Waals surface area contributed by atoms with Crippen molar-refractivity contribution in [2.24, 2.45) is 11.3 Å². The number of carbonyl (C=O) groups excluding carboxylic acids is 1. The fraction of sp³-hybridized carbons (Fsp3) is 0.350. The molecule has 0 bridgehead atoms. The van der Waals surface area contributed by atoms with E-state index in [1.54, 1.807) is 0 Å². The van der Waals surface area contributed by atoms with Crippen LogP contribution in [-0.4, -0.2) is 5.91 Å². The van der Waals surface area contributed by atoms with Gasteiger partial charge in [0.05, 0.1) is 5.41 Å². The van der Waals surface area contributed by atoms with E-state index in [-0.39, 0.29) is 5.91 Å². The molecule has 23 heavy (non-hydrogen) atoms. The van der Waals surface area contributed by atoms with Crippen LogP contribution in [0.2, 0.25) is 0 Å². The van der Waals surface area contributed by atoms with Crippen LogP contribution in [0.3, 0.4) is 0 Å². The highest BCUT2D eigenvalue weighted by Gasteiger charge is 2.37. The van der Waals surface area contributed by atoms with Gasteiger partial charge in [0.2, 0.25) is 5.91 Å². The first-order valence-corrected chi connectivity index (χ1v) is 8.18. The minimum atomic E-state index is -0.530. The number of fused-ring (bicyclic) bond motifs is 1. The molecule has 2 aromatic carbocycles. The molecule has 0 unspecified atom stereocenters. The Kier molecular flexibility index (Phi) is 3.88. The zero-order valence-corrected chi connectivity index (χ0v) is 14.2. The first-order chi connectivity index (χ1) is 10.9. The molecule has 1 fully saturated rings. The fourth-order valence-corrected chi connectivity index (χ4v) is 3.00. The second kappa shape index (κ2) is 5.73. The average Bonchev–Trinajstić information content (AvgIpc) is 2.74. The predicted octanol–water partition coefficient (Wildman–Crippen LogP) is 4.04. The van der Waals surface area contributed by atoms with E-state index in [4.69, 9.17) is 0 Å². The Morgan fingerprint density at radius 1 is 1.13 bits per heavy atom. The summed E-state index contributed by atoms with van der Waals surface area (Å²) in [5, 5.41) is 2.46. The number of carbonyl (C=O) groups is 1. The highest BCUT2D eigenvalue weighted by molar-refractivity contribution is 5.94. The van der Waals surface area contributed by atoms with Crippen molar-refractivity contribution in [3.05, 3.63) is 53.2 Å². The molecule has 0 radical (unpaired) electrons. The Morgan fingerprint density at radius 3 is 2.57 bits per heavy atom. The lowest BCUT2D eigenvalue weighted by molar-refractivity contribution is -0.125. The molecule has 1 saturated heterocycles. The summed E-state index contributed by atoms with van der Waals surface area (Å²) >= 11 is 0. The van der Waals surface area contributed by atoms with E-state index in [9.17, 15) is 4.79 Å². The van der Waals surface area contributed by atoms with Crippen LogP contribution >= 0.6 is 0 Å². The van der Waals surface area contributed by atoms with E-state index >= 15 is 0 Å². The molecule has 3 nitrogen and oxygen atoms in total. The van der Waals surface area contributed by atoms with Crippen molar-refractivity contribution in [1.82, 2.24) is 10.9 Å². The fourth-order valence-electron chi connectivity index (χ4n) is 3.00. The maximum Gasteiger partial charge on any atom is 0.249 e. The van der Waals surface area contributed by atoms with Crippen LogP contribution in [0.1, 0.15) is 38.8 Å². The molecule has 120 valence electrons. The van der Waals surface area contributed by atoms with Crippen molar-refractivity contribution >= 4 is 22.8 Å². The summed E-state index contributed by atoms with van der Waals surface area (Å²) < 4.78 is 0. The highest BCUT2D eigenvalue weighted by Crippen LogP contribution is 2.31. The molecule has 2 N–H and O–H groups in total. The van der Waals surface area contributed by atoms with E-state index in [1.165, 1.54) is 16.3 Å². The maximum atomic E-state index is 11.9. The molecular weight excluding hydrogens is 284 g/mol. The molecule has 2 aromatic rings. The maximum absolute atomic E-state index is 11.9. The van der Waals surface area contributed by atoms with Gasteiger partial charge in [0.15, 0.2) is 0 Å². The Labute approximate surface area is 137 Å². The first-order valence-electron chi connectivity index (χ1n) is 8.18. The highest BCUT2D eigenvalue weighted by atomic mass is 16.2. The standard InChI is InChI=1S/C20H24N2O/c1-13(2)10-14-8-9-15-6-5-7-16(17(15)11-14)12-18-20(3,4)19(23)22-21-18/h5-9,11-13,21H,10H2,1-4H3,(H,22,23)/b18-12-. The van der Waals surface area contributed by atoms with E-state index < -0.39 is 5.41 Å². The van der Waals surface area contributed by atoms with Gasteiger partial charge in [-0.05, 0) is 54.2 Å². The summed E-state index contributed by atoms with van der Waals surface area (Å²) in [7, 11) is 0. The van der Waals surface area contributed by atoms with Crippen LogP contribution in [0, 0.1) is 11.3 Å². The van der Waals surface area contributed by atoms with Gasteiger partial charge in [-0.25, -0.2) is 0 Å². The van der Waals surface area contributed by atoms with Gasteiger partial charge in [-0.2, -0.15) is 0 Å². The second-order valence-electron chi connectivity index (χ2n) is 7.26. The van der Waals surface area contributed by atoms with Gasteiger partial charge in [0.25, 0.3) is 0 Å². The Balaban J connectivity index is 2.09. The summed E-state index contributed by atoms with van der Waals surface area (Å²) in [6.45, 7) is 8.34. The Bertz CT molecular complexity index is 787. The zero-order valence-electron chi connectivity index (χ0n) is 14.2. The van der Waals surface area contributed by atoms with Crippen LogP contribution in [-0.2, 0) is 11.2 Å². The SMILES string of the molecule is CC(C)Cc1ccc2cccc(/C=C3\NNC(=O)C3(C)C)c2c1. The summed E-state index contributed by atoms with van der Waals surface area (Å²) in [5.74, 6) is 0.639. The van der Waals surface area contributed by atoms with Gasteiger partial charge in [-0.3, -0.25) is 10.2 Å². The first kappa shape index (κ1) is 15.6. The minimum Gasteiger partial charge on any atom is -0.302 e. The molecular formula is C20H24N2O. The second-order valence-corrected chi connectivity index (χ2v) is 7.26. The number of hydrazine groups is 1. The van der Waals surface area contributed by atoms with E-state index in [2.05, 4.69) is 67.2 Å². The minimum absolute atomic E-state index is 0.00415. The van der Waals surface area contributed by atoms with Crippen LogP contribution in [0.25, 0.3) is 16.8 Å². The summed E-state index contributed by atoms with van der Waals surface area (Å²) in [4.78, 5) is 11.9. The smallest absolute Gasteiger partial charge is 0.249 e. The third kappa shape index (κ3) is 2.96. The molecule has 0 atom stereocenters. The molecule has 0 aromatic heterocycles. The van der Waals surface area contributed by atoms with Crippen LogP contribution in [0.15, 0.2) is 42.1 Å². The van der Waals surface area contributed by atoms with Gasteiger partial charge in [-0.15, -0.1) is 0 Å². The lowest BCUT2D eigenvalue weighted by Crippen LogP contribution is -2.28. The summed E-state index contributed by atoms with van der Waals surface area (Å²) in [6, 6.07) is 13.0. The van der Waals surface area contributed by atoms with Gasteiger partial charge in [0, 0.05) is 5.70 Å². The topological polar surface area (TPSA) is 41.1 Å². The van der Waals surface area contributed by atoms with Gasteiger partial charge < -0.3 is 5.43 Å². The normalized spacial score (nSPS) is 18.5.